The van der Waals surface area contributed by atoms with E-state index in [1.807, 2.05) is 41.3 Å². The van der Waals surface area contributed by atoms with Gasteiger partial charge in [-0.05, 0) is 53.6 Å². The van der Waals surface area contributed by atoms with E-state index in [-0.39, 0.29) is 18.0 Å². The summed E-state index contributed by atoms with van der Waals surface area (Å²) in [4.78, 5) is 28.7. The maximum Gasteiger partial charge on any atom is 0.337 e. The van der Waals surface area contributed by atoms with Crippen molar-refractivity contribution in [3.05, 3.63) is 105 Å². The number of carbonyl (C=O) groups excluding carboxylic acids is 2. The molecule has 0 bridgehead atoms. The van der Waals surface area contributed by atoms with Crippen LogP contribution in [0.5, 0.6) is 0 Å². The molecule has 6 nitrogen and oxygen atoms in total. The van der Waals surface area contributed by atoms with Crippen LogP contribution < -0.4 is 0 Å². The molecule has 0 aromatic heterocycles. The molecule has 0 radical (unpaired) electrons. The number of rotatable bonds is 8. The third-order valence-corrected chi connectivity index (χ3v) is 6.71. The van der Waals surface area contributed by atoms with Gasteiger partial charge in [-0.25, -0.2) is 4.79 Å². The first kappa shape index (κ1) is 26.2. The van der Waals surface area contributed by atoms with Crippen LogP contribution in [0.3, 0.4) is 0 Å². The van der Waals surface area contributed by atoms with Gasteiger partial charge in [-0.3, -0.25) is 9.69 Å². The molecule has 8 heteroatoms. The average Bonchev–Trinajstić information content (AvgIpc) is 2.91. The highest BCUT2D eigenvalue weighted by Gasteiger charge is 2.25. The average molecular weight is 527 g/mol. The van der Waals surface area contributed by atoms with Crippen LogP contribution in [0, 0.1) is 0 Å². The predicted molar refractivity (Wildman–Crippen MR) is 141 cm³/mol. The van der Waals surface area contributed by atoms with Crippen LogP contribution in [0.2, 0.25) is 10.0 Å². The molecule has 1 atom stereocenters. The quantitative estimate of drug-likeness (QED) is 0.363. The number of esters is 1. The normalized spacial score (nSPS) is 14.9. The van der Waals surface area contributed by atoms with Crippen LogP contribution >= 0.6 is 23.2 Å². The Morgan fingerprint density at radius 1 is 0.861 bits per heavy atom. The molecule has 1 amide bonds. The summed E-state index contributed by atoms with van der Waals surface area (Å²) in [5.41, 5.74) is 3.10. The highest BCUT2D eigenvalue weighted by atomic mass is 35.5. The molecular formula is C28H28Cl2N2O4. The number of nitrogens with zero attached hydrogens (tertiary/aromatic N) is 2. The van der Waals surface area contributed by atoms with Gasteiger partial charge in [0.15, 0.2) is 0 Å². The Hall–Kier alpha value is -2.90. The fourth-order valence-corrected chi connectivity index (χ4v) is 4.47. The molecule has 0 spiro atoms. The van der Waals surface area contributed by atoms with Crippen LogP contribution in [-0.4, -0.2) is 61.5 Å². The van der Waals surface area contributed by atoms with Crippen LogP contribution in [0.1, 0.15) is 37.9 Å². The minimum absolute atomic E-state index is 0.00180. The number of halogens is 2. The first-order chi connectivity index (χ1) is 17.4. The predicted octanol–water partition coefficient (Wildman–Crippen LogP) is 5.50. The lowest BCUT2D eigenvalue weighted by atomic mass is 10.1. The van der Waals surface area contributed by atoms with Gasteiger partial charge in [0, 0.05) is 48.3 Å². The fraction of sp³-hybridized carbons (Fsp3) is 0.286. The number of methoxy groups -OCH3 is 1. The zero-order valence-electron chi connectivity index (χ0n) is 20.0. The molecule has 3 aromatic rings. The smallest absolute Gasteiger partial charge is 0.337 e. The van der Waals surface area contributed by atoms with E-state index in [1.165, 1.54) is 7.11 Å². The summed E-state index contributed by atoms with van der Waals surface area (Å²) in [5, 5.41) is 1.23. The first-order valence-corrected chi connectivity index (χ1v) is 12.5. The molecule has 1 heterocycles. The Morgan fingerprint density at radius 2 is 1.56 bits per heavy atom. The molecule has 0 saturated carbocycles. The van der Waals surface area contributed by atoms with Gasteiger partial charge in [0.1, 0.15) is 0 Å². The van der Waals surface area contributed by atoms with E-state index in [0.29, 0.717) is 47.4 Å². The maximum absolute atomic E-state index is 12.9. The third-order valence-electron chi connectivity index (χ3n) is 6.22. The largest absolute Gasteiger partial charge is 0.465 e. The Bertz CT molecular complexity index is 1180. The van der Waals surface area contributed by atoms with Crippen LogP contribution in [-0.2, 0) is 16.1 Å². The van der Waals surface area contributed by atoms with Gasteiger partial charge < -0.3 is 14.4 Å². The van der Waals surface area contributed by atoms with Gasteiger partial charge in [-0.2, -0.15) is 0 Å². The van der Waals surface area contributed by atoms with Crippen molar-refractivity contribution in [2.45, 2.75) is 12.7 Å². The molecule has 1 aliphatic heterocycles. The standard InChI is InChI=1S/C28H28Cl2N2O4/c1-35-28(34)22-7-5-20(6-8-22)19-36-26(21-9-11-24(29)12-10-21)18-31-13-15-32(16-14-31)27(33)23-3-2-4-25(30)17-23/h2-12,17,26H,13-16,18-19H2,1H3/t26-/m0/s1. The summed E-state index contributed by atoms with van der Waals surface area (Å²) in [6.07, 6.45) is -0.183. The molecule has 36 heavy (non-hydrogen) atoms. The van der Waals surface area contributed by atoms with Crippen LogP contribution in [0.25, 0.3) is 0 Å². The molecule has 4 rings (SSSR count). The van der Waals surface area contributed by atoms with E-state index in [4.69, 9.17) is 32.7 Å². The Labute approximate surface area is 221 Å². The lowest BCUT2D eigenvalue weighted by Gasteiger charge is -2.36. The van der Waals surface area contributed by atoms with Gasteiger partial charge in [0.25, 0.3) is 5.91 Å². The fourth-order valence-electron chi connectivity index (χ4n) is 4.16. The van der Waals surface area contributed by atoms with Gasteiger partial charge >= 0.3 is 5.97 Å². The van der Waals surface area contributed by atoms with Gasteiger partial charge in [0.05, 0.1) is 25.4 Å². The van der Waals surface area contributed by atoms with E-state index >= 15 is 0 Å². The molecule has 0 unspecified atom stereocenters. The second kappa shape index (κ2) is 12.4. The minimum atomic E-state index is -0.366. The minimum Gasteiger partial charge on any atom is -0.465 e. The Kier molecular flexibility index (Phi) is 8.99. The molecule has 0 N–H and O–H groups in total. The molecule has 188 valence electrons. The van der Waals surface area contributed by atoms with E-state index in [9.17, 15) is 9.59 Å². The monoisotopic (exact) mass is 526 g/mol. The number of carbonyl (C=O) groups is 2. The molecule has 1 fully saturated rings. The number of piperazine rings is 1. The van der Waals surface area contributed by atoms with Crippen molar-refractivity contribution in [3.63, 3.8) is 0 Å². The van der Waals surface area contributed by atoms with Crippen LogP contribution in [0.4, 0.5) is 0 Å². The number of amides is 1. The maximum atomic E-state index is 12.9. The third kappa shape index (κ3) is 6.86. The van der Waals surface area contributed by atoms with Crippen LogP contribution in [0.15, 0.2) is 72.8 Å². The van der Waals surface area contributed by atoms with Gasteiger partial charge in [-0.1, -0.05) is 53.5 Å². The lowest BCUT2D eigenvalue weighted by molar-refractivity contribution is 0.00341. The summed E-state index contributed by atoms with van der Waals surface area (Å²) in [6, 6.07) is 21.9. The topological polar surface area (TPSA) is 59.1 Å². The lowest BCUT2D eigenvalue weighted by Crippen LogP contribution is -2.49. The van der Waals surface area contributed by atoms with Gasteiger partial charge in [-0.15, -0.1) is 0 Å². The summed E-state index contributed by atoms with van der Waals surface area (Å²) in [6.45, 7) is 3.82. The molecular weight excluding hydrogens is 499 g/mol. The Morgan fingerprint density at radius 3 is 2.19 bits per heavy atom. The zero-order valence-corrected chi connectivity index (χ0v) is 21.5. The van der Waals surface area contributed by atoms with E-state index in [1.54, 1.807) is 36.4 Å². The summed E-state index contributed by atoms with van der Waals surface area (Å²) in [5.74, 6) is -0.368. The van der Waals surface area contributed by atoms with Crippen molar-refractivity contribution < 1.29 is 19.1 Å². The van der Waals surface area contributed by atoms with Crippen molar-refractivity contribution >= 4 is 35.1 Å². The first-order valence-electron chi connectivity index (χ1n) is 11.7. The van der Waals surface area contributed by atoms with Crippen molar-refractivity contribution in [2.75, 3.05) is 39.8 Å². The van der Waals surface area contributed by atoms with E-state index in [2.05, 4.69) is 4.90 Å². The highest BCUT2D eigenvalue weighted by Crippen LogP contribution is 2.24. The van der Waals surface area contributed by atoms with Crippen molar-refractivity contribution in [1.29, 1.82) is 0 Å². The van der Waals surface area contributed by atoms with E-state index < -0.39 is 0 Å². The van der Waals surface area contributed by atoms with E-state index in [0.717, 1.165) is 24.2 Å². The second-order valence-electron chi connectivity index (χ2n) is 8.64. The van der Waals surface area contributed by atoms with Crippen molar-refractivity contribution in [3.8, 4) is 0 Å². The number of hydrogen-bond acceptors (Lipinski definition) is 5. The van der Waals surface area contributed by atoms with Gasteiger partial charge in [0.2, 0.25) is 0 Å². The molecule has 3 aromatic carbocycles. The zero-order chi connectivity index (χ0) is 25.5. The summed E-state index contributed by atoms with van der Waals surface area (Å²) in [7, 11) is 1.36. The molecule has 0 aliphatic carbocycles. The summed E-state index contributed by atoms with van der Waals surface area (Å²) >= 11 is 12.2. The number of benzene rings is 3. The molecule has 1 saturated heterocycles. The SMILES string of the molecule is COC(=O)c1ccc(CO[C@@H](CN2CCN(C(=O)c3cccc(Cl)c3)CC2)c2ccc(Cl)cc2)cc1. The molecule has 1 aliphatic rings. The number of ether oxygens (including phenoxy) is 2. The highest BCUT2D eigenvalue weighted by molar-refractivity contribution is 6.31. The Balaban J connectivity index is 1.38. The van der Waals surface area contributed by atoms with Crippen molar-refractivity contribution in [2.24, 2.45) is 0 Å². The number of hydrogen-bond donors (Lipinski definition) is 0. The second-order valence-corrected chi connectivity index (χ2v) is 9.52. The summed E-state index contributed by atoms with van der Waals surface area (Å²) < 4.78 is 11.1. The van der Waals surface area contributed by atoms with Crippen molar-refractivity contribution in [1.82, 2.24) is 9.80 Å².